The van der Waals surface area contributed by atoms with Crippen LogP contribution in [0.5, 0.6) is 11.5 Å². The zero-order valence-corrected chi connectivity index (χ0v) is 13.8. The van der Waals surface area contributed by atoms with E-state index >= 15 is 0 Å². The van der Waals surface area contributed by atoms with Gasteiger partial charge in [0.15, 0.2) is 11.5 Å². The Morgan fingerprint density at radius 1 is 1.21 bits per heavy atom. The van der Waals surface area contributed by atoms with Gasteiger partial charge in [-0.25, -0.2) is 0 Å². The van der Waals surface area contributed by atoms with E-state index in [0.717, 1.165) is 36.3 Å². The quantitative estimate of drug-likeness (QED) is 0.517. The lowest BCUT2D eigenvalue weighted by atomic mass is 9.71. The number of hydrogen-bond donors (Lipinski definition) is 1. The Hall–Kier alpha value is -1.85. The smallest absolute Gasteiger partial charge is 0.289 e. The number of nitrogens with one attached hydrogen (secondary N) is 1. The number of hydrogen-bond acceptors (Lipinski definition) is 5. The van der Waals surface area contributed by atoms with Crippen LogP contribution in [0.15, 0.2) is 30.4 Å². The minimum Gasteiger partial charge on any atom is -0.454 e. The van der Waals surface area contributed by atoms with Crippen LogP contribution in [0.2, 0.25) is 0 Å². The SMILES string of the molecule is O=C(Cl)C(=O)C1CC[C@@]2(CC=CC[C@H]2c2ccc3c(c2)OCO3)N1. The highest BCUT2D eigenvalue weighted by atomic mass is 35.5. The highest BCUT2D eigenvalue weighted by molar-refractivity contribution is 6.81. The van der Waals surface area contributed by atoms with Gasteiger partial charge in [-0.3, -0.25) is 9.59 Å². The third-order valence-electron chi connectivity index (χ3n) is 5.34. The molecule has 0 amide bonds. The van der Waals surface area contributed by atoms with Crippen LogP contribution in [-0.2, 0) is 9.59 Å². The summed E-state index contributed by atoms with van der Waals surface area (Å²) in [6.07, 6.45) is 7.48. The van der Waals surface area contributed by atoms with Crippen LogP contribution >= 0.6 is 11.6 Å². The first kappa shape index (κ1) is 15.7. The molecule has 1 unspecified atom stereocenters. The summed E-state index contributed by atoms with van der Waals surface area (Å²) in [5.41, 5.74) is 0.927. The third kappa shape index (κ3) is 2.52. The summed E-state index contributed by atoms with van der Waals surface area (Å²) < 4.78 is 10.9. The van der Waals surface area contributed by atoms with Crippen LogP contribution in [0.3, 0.4) is 0 Å². The van der Waals surface area contributed by atoms with E-state index in [4.69, 9.17) is 21.1 Å². The molecule has 1 fully saturated rings. The first-order chi connectivity index (χ1) is 11.6. The summed E-state index contributed by atoms with van der Waals surface area (Å²) in [6, 6.07) is 5.53. The van der Waals surface area contributed by atoms with Gasteiger partial charge in [-0.1, -0.05) is 18.2 Å². The summed E-state index contributed by atoms with van der Waals surface area (Å²) in [5, 5.41) is 2.53. The van der Waals surface area contributed by atoms with Gasteiger partial charge in [0, 0.05) is 11.5 Å². The molecule has 3 atom stereocenters. The number of rotatable bonds is 3. The molecule has 0 aromatic heterocycles. The fourth-order valence-electron chi connectivity index (χ4n) is 4.14. The summed E-state index contributed by atoms with van der Waals surface area (Å²) >= 11 is 5.38. The van der Waals surface area contributed by atoms with Crippen molar-refractivity contribution in [2.45, 2.75) is 43.2 Å². The zero-order valence-electron chi connectivity index (χ0n) is 13.1. The summed E-state index contributed by atoms with van der Waals surface area (Å²) in [4.78, 5) is 23.2. The normalized spacial score (nSPS) is 30.7. The van der Waals surface area contributed by atoms with E-state index < -0.39 is 17.1 Å². The van der Waals surface area contributed by atoms with Gasteiger partial charge in [0.05, 0.1) is 6.04 Å². The molecule has 126 valence electrons. The maximum Gasteiger partial charge on any atom is 0.289 e. The second kappa shape index (κ2) is 5.90. The number of fused-ring (bicyclic) bond motifs is 1. The van der Waals surface area contributed by atoms with Gasteiger partial charge < -0.3 is 14.8 Å². The van der Waals surface area contributed by atoms with Gasteiger partial charge in [0.1, 0.15) is 0 Å². The lowest BCUT2D eigenvalue weighted by molar-refractivity contribution is -0.133. The molecule has 0 bridgehead atoms. The monoisotopic (exact) mass is 347 g/mol. The van der Waals surface area contributed by atoms with Gasteiger partial charge in [0.25, 0.3) is 5.24 Å². The van der Waals surface area contributed by atoms with E-state index in [1.807, 2.05) is 12.1 Å². The lowest BCUT2D eigenvalue weighted by Crippen LogP contribution is -2.51. The van der Waals surface area contributed by atoms with Crippen LogP contribution in [0.1, 0.15) is 37.2 Å². The number of carbonyl (C=O) groups is 2. The van der Waals surface area contributed by atoms with Crippen molar-refractivity contribution in [2.24, 2.45) is 0 Å². The summed E-state index contributed by atoms with van der Waals surface area (Å²) in [5.74, 6) is 1.20. The topological polar surface area (TPSA) is 64.6 Å². The number of Topliss-reactive ketones (excluding diaryl/α,β-unsaturated/α-hetero) is 1. The van der Waals surface area contributed by atoms with Gasteiger partial charge in [-0.15, -0.1) is 0 Å². The predicted octanol–water partition coefficient (Wildman–Crippen LogP) is 2.67. The molecule has 0 radical (unpaired) electrons. The molecular weight excluding hydrogens is 330 g/mol. The van der Waals surface area contributed by atoms with Gasteiger partial charge in [0.2, 0.25) is 12.6 Å². The van der Waals surface area contributed by atoms with Crippen molar-refractivity contribution in [3.05, 3.63) is 35.9 Å². The molecule has 1 spiro atoms. The van der Waals surface area contributed by atoms with Crippen LogP contribution in [0, 0.1) is 0 Å². The van der Waals surface area contributed by atoms with E-state index in [2.05, 4.69) is 23.5 Å². The third-order valence-corrected chi connectivity index (χ3v) is 5.52. The van der Waals surface area contributed by atoms with E-state index in [-0.39, 0.29) is 18.2 Å². The van der Waals surface area contributed by atoms with Crippen LogP contribution in [0.25, 0.3) is 0 Å². The molecule has 1 aliphatic carbocycles. The molecule has 1 N–H and O–H groups in total. The number of benzene rings is 1. The van der Waals surface area contributed by atoms with Crippen molar-refractivity contribution < 1.29 is 19.1 Å². The minimum atomic E-state index is -0.893. The summed E-state index contributed by atoms with van der Waals surface area (Å²) in [6.45, 7) is 0.251. The number of halogens is 1. The molecule has 4 rings (SSSR count). The Labute approximate surface area is 145 Å². The van der Waals surface area contributed by atoms with Crippen molar-refractivity contribution in [1.29, 1.82) is 0 Å². The maximum atomic E-state index is 12.0. The number of ether oxygens (including phenoxy) is 2. The molecule has 2 heterocycles. The van der Waals surface area contributed by atoms with Crippen molar-refractivity contribution in [3.8, 4) is 11.5 Å². The van der Waals surface area contributed by atoms with Crippen molar-refractivity contribution >= 4 is 22.6 Å². The molecule has 1 saturated heterocycles. The minimum absolute atomic E-state index is 0.209. The van der Waals surface area contributed by atoms with Crippen LogP contribution in [0.4, 0.5) is 0 Å². The van der Waals surface area contributed by atoms with E-state index in [0.29, 0.717) is 6.42 Å². The Bertz CT molecular complexity index is 732. The van der Waals surface area contributed by atoms with E-state index in [9.17, 15) is 9.59 Å². The lowest BCUT2D eigenvalue weighted by Gasteiger charge is -2.40. The average molecular weight is 348 g/mol. The predicted molar refractivity (Wildman–Crippen MR) is 88.4 cm³/mol. The number of allylic oxidation sites excluding steroid dienone is 1. The molecule has 24 heavy (non-hydrogen) atoms. The Kier molecular flexibility index (Phi) is 3.85. The largest absolute Gasteiger partial charge is 0.454 e. The van der Waals surface area contributed by atoms with Crippen LogP contribution in [-0.4, -0.2) is 29.4 Å². The molecule has 3 aliphatic rings. The van der Waals surface area contributed by atoms with E-state index in [1.165, 1.54) is 0 Å². The zero-order chi connectivity index (χ0) is 16.7. The number of ketones is 1. The first-order valence-corrected chi connectivity index (χ1v) is 8.53. The second-order valence-corrected chi connectivity index (χ2v) is 6.95. The second-order valence-electron chi connectivity index (χ2n) is 6.61. The maximum absolute atomic E-state index is 12.0. The molecular formula is C18H18ClNO4. The highest BCUT2D eigenvalue weighted by Gasteiger charge is 2.47. The van der Waals surface area contributed by atoms with Crippen molar-refractivity contribution in [2.75, 3.05) is 6.79 Å². The highest BCUT2D eigenvalue weighted by Crippen LogP contribution is 2.46. The summed E-state index contributed by atoms with van der Waals surface area (Å²) in [7, 11) is 0. The van der Waals surface area contributed by atoms with Crippen molar-refractivity contribution in [3.63, 3.8) is 0 Å². The first-order valence-electron chi connectivity index (χ1n) is 8.15. The Morgan fingerprint density at radius 3 is 2.88 bits per heavy atom. The fraction of sp³-hybridized carbons (Fsp3) is 0.444. The van der Waals surface area contributed by atoms with E-state index in [1.54, 1.807) is 0 Å². The Morgan fingerprint density at radius 2 is 2.04 bits per heavy atom. The van der Waals surface area contributed by atoms with Crippen LogP contribution < -0.4 is 14.8 Å². The van der Waals surface area contributed by atoms with Gasteiger partial charge >= 0.3 is 0 Å². The fourth-order valence-corrected chi connectivity index (χ4v) is 4.27. The van der Waals surface area contributed by atoms with Gasteiger partial charge in [-0.05, 0) is 55.0 Å². The molecule has 1 aromatic carbocycles. The molecule has 2 aliphatic heterocycles. The van der Waals surface area contributed by atoms with Gasteiger partial charge in [-0.2, -0.15) is 0 Å². The molecule has 1 aromatic rings. The molecule has 5 nitrogen and oxygen atoms in total. The molecule has 0 saturated carbocycles. The average Bonchev–Trinajstić information content (AvgIpc) is 3.21. The number of carbonyl (C=O) groups excluding carboxylic acids is 2. The van der Waals surface area contributed by atoms with Crippen molar-refractivity contribution in [1.82, 2.24) is 5.32 Å². The molecule has 6 heteroatoms. The Balaban J connectivity index is 1.64. The standard InChI is InChI=1S/C18H18ClNO4/c19-17(22)16(21)13-6-8-18(20-13)7-2-1-3-12(18)11-4-5-14-15(9-11)24-10-23-14/h1-2,4-5,9,12-13,20H,3,6-8,10H2/t12-,13?,18+/m0/s1.